The maximum Gasteiger partial charge on any atom is 0.343 e. The van der Waals surface area contributed by atoms with Crippen LogP contribution in [-0.2, 0) is 0 Å². The molecule has 0 N–H and O–H groups in total. The van der Waals surface area contributed by atoms with Gasteiger partial charge in [0.15, 0.2) is 11.5 Å². The lowest BCUT2D eigenvalue weighted by Crippen LogP contribution is -2.09. The van der Waals surface area contributed by atoms with Gasteiger partial charge in [0.1, 0.15) is 17.4 Å². The summed E-state index contributed by atoms with van der Waals surface area (Å²) in [7, 11) is 2.93. The van der Waals surface area contributed by atoms with Gasteiger partial charge in [-0.25, -0.2) is 4.79 Å². The molecule has 0 atom stereocenters. The van der Waals surface area contributed by atoms with Gasteiger partial charge in [-0.2, -0.15) is 5.26 Å². The molecule has 154 valence electrons. The molecule has 0 saturated heterocycles. The fraction of sp³-hybridized carbons (Fsp3) is 0.0833. The normalized spacial score (nSPS) is 10.7. The average Bonchev–Trinajstić information content (AvgIpc) is 2.83. The van der Waals surface area contributed by atoms with Crippen LogP contribution >= 0.6 is 0 Å². The zero-order valence-electron chi connectivity index (χ0n) is 16.9. The molecule has 0 aliphatic heterocycles. The maximum absolute atomic E-state index is 12.7. The first-order chi connectivity index (χ1) is 15.0. The SMILES string of the molecule is COc1cccc(C(=O)/C(C#N)=C/c2ccc(OC(=O)c3ccncc3)c(OC)c2)c1. The Morgan fingerprint density at radius 1 is 0.935 bits per heavy atom. The maximum atomic E-state index is 12.7. The fourth-order valence-electron chi connectivity index (χ4n) is 2.74. The summed E-state index contributed by atoms with van der Waals surface area (Å²) in [5.41, 5.74) is 1.16. The molecule has 7 heteroatoms. The molecular formula is C24H18N2O5. The number of nitriles is 1. The van der Waals surface area contributed by atoms with Crippen LogP contribution in [-0.4, -0.2) is 31.0 Å². The van der Waals surface area contributed by atoms with E-state index in [1.54, 1.807) is 36.4 Å². The van der Waals surface area contributed by atoms with Gasteiger partial charge in [-0.3, -0.25) is 9.78 Å². The molecule has 0 fully saturated rings. The van der Waals surface area contributed by atoms with Crippen molar-refractivity contribution in [2.45, 2.75) is 0 Å². The number of allylic oxidation sites excluding steroid dienone is 1. The Kier molecular flexibility index (Phi) is 6.76. The lowest BCUT2D eigenvalue weighted by Gasteiger charge is -2.10. The third-order valence-corrected chi connectivity index (χ3v) is 4.31. The first kappa shape index (κ1) is 21.3. The second kappa shape index (κ2) is 9.85. The number of aromatic nitrogens is 1. The molecule has 0 unspecified atom stereocenters. The molecule has 0 aliphatic carbocycles. The van der Waals surface area contributed by atoms with Crippen LogP contribution in [0, 0.1) is 11.3 Å². The second-order valence-corrected chi connectivity index (χ2v) is 6.27. The van der Waals surface area contributed by atoms with Crippen LogP contribution in [0.1, 0.15) is 26.3 Å². The largest absolute Gasteiger partial charge is 0.497 e. The van der Waals surface area contributed by atoms with E-state index in [1.807, 2.05) is 6.07 Å². The van der Waals surface area contributed by atoms with Crippen molar-refractivity contribution in [3.8, 4) is 23.3 Å². The summed E-state index contributed by atoms with van der Waals surface area (Å²) in [6, 6.07) is 16.3. The second-order valence-electron chi connectivity index (χ2n) is 6.27. The summed E-state index contributed by atoms with van der Waals surface area (Å²) in [5.74, 6) is 0.00927. The van der Waals surface area contributed by atoms with E-state index in [0.29, 0.717) is 22.4 Å². The third kappa shape index (κ3) is 5.14. The van der Waals surface area contributed by atoms with Crippen LogP contribution in [0.25, 0.3) is 6.08 Å². The Hall–Kier alpha value is -4.44. The molecule has 0 bridgehead atoms. The molecule has 0 aliphatic rings. The van der Waals surface area contributed by atoms with E-state index in [9.17, 15) is 14.9 Å². The van der Waals surface area contributed by atoms with E-state index < -0.39 is 11.8 Å². The first-order valence-corrected chi connectivity index (χ1v) is 9.16. The monoisotopic (exact) mass is 414 g/mol. The smallest absolute Gasteiger partial charge is 0.343 e. The van der Waals surface area contributed by atoms with Gasteiger partial charge in [-0.05, 0) is 48.0 Å². The molecule has 3 rings (SSSR count). The average molecular weight is 414 g/mol. The highest BCUT2D eigenvalue weighted by Gasteiger charge is 2.15. The lowest BCUT2D eigenvalue weighted by molar-refractivity contribution is 0.0729. The van der Waals surface area contributed by atoms with Gasteiger partial charge in [0.2, 0.25) is 5.78 Å². The topological polar surface area (TPSA) is 98.5 Å². The Morgan fingerprint density at radius 3 is 2.39 bits per heavy atom. The van der Waals surface area contributed by atoms with Gasteiger partial charge in [0.25, 0.3) is 0 Å². The van der Waals surface area contributed by atoms with E-state index in [0.717, 1.165) is 0 Å². The van der Waals surface area contributed by atoms with Gasteiger partial charge in [-0.15, -0.1) is 0 Å². The summed E-state index contributed by atoms with van der Waals surface area (Å²) in [4.78, 5) is 28.9. The summed E-state index contributed by atoms with van der Waals surface area (Å²) in [6.07, 6.45) is 4.42. The van der Waals surface area contributed by atoms with Crippen molar-refractivity contribution in [3.63, 3.8) is 0 Å². The number of methoxy groups -OCH3 is 2. The molecule has 7 nitrogen and oxygen atoms in total. The number of benzene rings is 2. The molecule has 0 radical (unpaired) electrons. The summed E-state index contributed by atoms with van der Waals surface area (Å²) in [6.45, 7) is 0. The number of Topliss-reactive ketones (excluding diaryl/α,β-unsaturated/α-hetero) is 1. The van der Waals surface area contributed by atoms with Crippen molar-refractivity contribution in [3.05, 3.63) is 89.3 Å². The van der Waals surface area contributed by atoms with Crippen molar-refractivity contribution in [2.75, 3.05) is 14.2 Å². The third-order valence-electron chi connectivity index (χ3n) is 4.31. The number of pyridine rings is 1. The highest BCUT2D eigenvalue weighted by Crippen LogP contribution is 2.30. The molecule has 31 heavy (non-hydrogen) atoms. The Morgan fingerprint density at radius 2 is 1.71 bits per heavy atom. The fourth-order valence-corrected chi connectivity index (χ4v) is 2.74. The minimum absolute atomic E-state index is 0.0585. The number of carbonyl (C=O) groups excluding carboxylic acids is 2. The number of hydrogen-bond acceptors (Lipinski definition) is 7. The highest BCUT2D eigenvalue weighted by molar-refractivity contribution is 6.14. The number of carbonyl (C=O) groups is 2. The molecule has 1 heterocycles. The number of ketones is 1. The number of hydrogen-bond donors (Lipinski definition) is 0. The molecule has 3 aromatic rings. The van der Waals surface area contributed by atoms with E-state index in [4.69, 9.17) is 14.2 Å². The molecular weight excluding hydrogens is 396 g/mol. The van der Waals surface area contributed by atoms with Gasteiger partial charge >= 0.3 is 5.97 Å². The summed E-state index contributed by atoms with van der Waals surface area (Å²) >= 11 is 0. The summed E-state index contributed by atoms with van der Waals surface area (Å²) in [5, 5.41) is 9.50. The predicted octanol–water partition coefficient (Wildman–Crippen LogP) is 4.11. The van der Waals surface area contributed by atoms with E-state index in [1.165, 1.54) is 50.9 Å². The van der Waals surface area contributed by atoms with E-state index in [-0.39, 0.29) is 17.1 Å². The lowest BCUT2D eigenvalue weighted by atomic mass is 10.0. The highest BCUT2D eigenvalue weighted by atomic mass is 16.6. The zero-order valence-corrected chi connectivity index (χ0v) is 16.9. The van der Waals surface area contributed by atoms with Crippen molar-refractivity contribution < 1.29 is 23.8 Å². The predicted molar refractivity (Wildman–Crippen MR) is 113 cm³/mol. The number of ether oxygens (including phenoxy) is 3. The van der Waals surface area contributed by atoms with Crippen LogP contribution in [0.5, 0.6) is 17.2 Å². The van der Waals surface area contributed by atoms with Crippen LogP contribution < -0.4 is 14.2 Å². The van der Waals surface area contributed by atoms with Gasteiger partial charge < -0.3 is 14.2 Å². The van der Waals surface area contributed by atoms with Crippen LogP contribution in [0.4, 0.5) is 0 Å². The molecule has 0 spiro atoms. The molecule has 1 aromatic heterocycles. The van der Waals surface area contributed by atoms with Crippen molar-refractivity contribution >= 4 is 17.8 Å². The van der Waals surface area contributed by atoms with Crippen molar-refractivity contribution in [1.29, 1.82) is 5.26 Å². The Labute approximate surface area is 179 Å². The summed E-state index contributed by atoms with van der Waals surface area (Å²) < 4.78 is 15.8. The molecule has 0 saturated carbocycles. The van der Waals surface area contributed by atoms with E-state index in [2.05, 4.69) is 4.98 Å². The van der Waals surface area contributed by atoms with Crippen LogP contribution in [0.2, 0.25) is 0 Å². The standard InChI is InChI=1S/C24H18N2O5/c1-29-20-5-3-4-18(14-20)23(27)19(15-25)12-16-6-7-21(22(13-16)30-2)31-24(28)17-8-10-26-11-9-17/h3-14H,1-2H3/b19-12+. The van der Waals surface area contributed by atoms with Crippen LogP contribution in [0.3, 0.4) is 0 Å². The molecule has 2 aromatic carbocycles. The number of nitrogens with zero attached hydrogens (tertiary/aromatic N) is 2. The first-order valence-electron chi connectivity index (χ1n) is 9.16. The van der Waals surface area contributed by atoms with Gasteiger partial charge in [-0.1, -0.05) is 18.2 Å². The quantitative estimate of drug-likeness (QED) is 0.189. The van der Waals surface area contributed by atoms with Gasteiger partial charge in [0.05, 0.1) is 19.8 Å². The zero-order chi connectivity index (χ0) is 22.2. The van der Waals surface area contributed by atoms with Crippen molar-refractivity contribution in [1.82, 2.24) is 4.98 Å². The van der Waals surface area contributed by atoms with Gasteiger partial charge in [0, 0.05) is 18.0 Å². The van der Waals surface area contributed by atoms with E-state index >= 15 is 0 Å². The number of rotatable bonds is 7. The van der Waals surface area contributed by atoms with Crippen LogP contribution in [0.15, 0.2) is 72.6 Å². The minimum atomic E-state index is -0.560. The minimum Gasteiger partial charge on any atom is -0.497 e. The Bertz CT molecular complexity index is 1180. The molecule has 0 amide bonds. The van der Waals surface area contributed by atoms with Crippen molar-refractivity contribution in [2.24, 2.45) is 0 Å². The Balaban J connectivity index is 1.86. The number of esters is 1.